The number of rotatable bonds is 6. The van der Waals surface area contributed by atoms with Crippen molar-refractivity contribution >= 4 is 20.0 Å². The van der Waals surface area contributed by atoms with Gasteiger partial charge in [-0.3, -0.25) is 4.90 Å². The van der Waals surface area contributed by atoms with Crippen molar-refractivity contribution in [3.63, 3.8) is 0 Å². The maximum Gasteiger partial charge on any atom is 0.243 e. The van der Waals surface area contributed by atoms with Crippen LogP contribution in [0.3, 0.4) is 0 Å². The highest BCUT2D eigenvalue weighted by Gasteiger charge is 2.30. The van der Waals surface area contributed by atoms with Crippen molar-refractivity contribution in [1.29, 1.82) is 0 Å². The summed E-state index contributed by atoms with van der Waals surface area (Å²) in [7, 11) is -7.22. The first-order chi connectivity index (χ1) is 14.9. The molecule has 2 aliphatic rings. The molecule has 7 nitrogen and oxygen atoms in total. The Morgan fingerprint density at radius 2 is 1.06 bits per heavy atom. The lowest BCUT2D eigenvalue weighted by molar-refractivity contribution is 0.181. The van der Waals surface area contributed by atoms with Crippen molar-refractivity contribution in [2.75, 3.05) is 39.3 Å². The number of hydrogen-bond acceptors (Lipinski definition) is 5. The first-order valence-electron chi connectivity index (χ1n) is 10.7. The van der Waals surface area contributed by atoms with Crippen LogP contribution in [0.4, 0.5) is 0 Å². The second kappa shape index (κ2) is 9.38. The molecule has 4 rings (SSSR count). The van der Waals surface area contributed by atoms with Gasteiger partial charge in [0.15, 0.2) is 0 Å². The van der Waals surface area contributed by atoms with E-state index in [1.807, 2.05) is 18.2 Å². The Kier molecular flexibility index (Phi) is 6.78. The predicted molar refractivity (Wildman–Crippen MR) is 120 cm³/mol. The van der Waals surface area contributed by atoms with Gasteiger partial charge in [-0.05, 0) is 42.7 Å². The van der Waals surface area contributed by atoms with Crippen LogP contribution in [0.15, 0.2) is 64.4 Å². The molecule has 2 fully saturated rings. The molecule has 0 unspecified atom stereocenters. The van der Waals surface area contributed by atoms with Gasteiger partial charge in [0, 0.05) is 45.8 Å². The zero-order chi connectivity index (χ0) is 21.9. The smallest absolute Gasteiger partial charge is 0.243 e. The van der Waals surface area contributed by atoms with E-state index in [1.54, 1.807) is 0 Å². The highest BCUT2D eigenvalue weighted by atomic mass is 32.2. The number of hydrogen-bond donors (Lipinski definition) is 0. The van der Waals surface area contributed by atoms with E-state index in [9.17, 15) is 16.8 Å². The molecule has 0 N–H and O–H groups in total. The molecular formula is C22H29N3O4S2. The van der Waals surface area contributed by atoms with Gasteiger partial charge in [-0.25, -0.2) is 16.8 Å². The molecule has 168 valence electrons. The average molecular weight is 464 g/mol. The van der Waals surface area contributed by atoms with Crippen LogP contribution in [0.2, 0.25) is 0 Å². The summed E-state index contributed by atoms with van der Waals surface area (Å²) in [5.41, 5.74) is 1.21. The Morgan fingerprint density at radius 1 is 0.581 bits per heavy atom. The fourth-order valence-corrected chi connectivity index (χ4v) is 7.10. The van der Waals surface area contributed by atoms with E-state index in [-0.39, 0.29) is 9.79 Å². The predicted octanol–water partition coefficient (Wildman–Crippen LogP) is 2.37. The van der Waals surface area contributed by atoms with Crippen LogP contribution >= 0.6 is 0 Å². The van der Waals surface area contributed by atoms with E-state index in [0.717, 1.165) is 25.8 Å². The van der Waals surface area contributed by atoms with Gasteiger partial charge in [0.1, 0.15) is 0 Å². The molecule has 0 bridgehead atoms. The van der Waals surface area contributed by atoms with Gasteiger partial charge in [0.25, 0.3) is 0 Å². The van der Waals surface area contributed by atoms with Crippen LogP contribution in [0.1, 0.15) is 24.8 Å². The number of benzene rings is 2. The Balaban J connectivity index is 1.41. The molecule has 0 atom stereocenters. The minimum absolute atomic E-state index is 0.140. The van der Waals surface area contributed by atoms with Crippen molar-refractivity contribution in [3.8, 4) is 0 Å². The molecule has 0 aromatic heterocycles. The summed E-state index contributed by atoms with van der Waals surface area (Å²) in [6.45, 7) is 4.01. The van der Waals surface area contributed by atoms with Gasteiger partial charge in [0.05, 0.1) is 9.79 Å². The summed E-state index contributed by atoms with van der Waals surface area (Å²) in [5, 5.41) is 0. The van der Waals surface area contributed by atoms with Gasteiger partial charge in [-0.15, -0.1) is 0 Å². The molecule has 0 aliphatic carbocycles. The summed E-state index contributed by atoms with van der Waals surface area (Å²) in [4.78, 5) is 2.54. The third kappa shape index (κ3) is 5.01. The van der Waals surface area contributed by atoms with Crippen LogP contribution < -0.4 is 0 Å². The monoisotopic (exact) mass is 463 g/mol. The van der Waals surface area contributed by atoms with E-state index >= 15 is 0 Å². The van der Waals surface area contributed by atoms with E-state index in [4.69, 9.17) is 0 Å². The molecule has 2 aromatic rings. The van der Waals surface area contributed by atoms with E-state index in [0.29, 0.717) is 39.3 Å². The molecule has 2 aliphatic heterocycles. The first kappa shape index (κ1) is 22.4. The Morgan fingerprint density at radius 3 is 1.58 bits per heavy atom. The van der Waals surface area contributed by atoms with Crippen LogP contribution in [0, 0.1) is 0 Å². The quantitative estimate of drug-likeness (QED) is 0.657. The third-order valence-corrected chi connectivity index (χ3v) is 9.82. The van der Waals surface area contributed by atoms with Crippen LogP contribution in [0.25, 0.3) is 0 Å². The Hall–Kier alpha value is -1.78. The molecule has 2 saturated heterocycles. The molecule has 2 heterocycles. The summed E-state index contributed by atoms with van der Waals surface area (Å²) < 4.78 is 54.7. The van der Waals surface area contributed by atoms with Crippen molar-refractivity contribution in [2.24, 2.45) is 0 Å². The zero-order valence-electron chi connectivity index (χ0n) is 17.6. The lowest BCUT2D eigenvalue weighted by Gasteiger charge is -2.34. The Labute approximate surface area is 185 Å². The number of nitrogens with zero attached hydrogens (tertiary/aromatic N) is 3. The fourth-order valence-electron chi connectivity index (χ4n) is 4.16. The van der Waals surface area contributed by atoms with E-state index < -0.39 is 20.0 Å². The van der Waals surface area contributed by atoms with Crippen LogP contribution in [-0.4, -0.2) is 69.6 Å². The zero-order valence-corrected chi connectivity index (χ0v) is 19.2. The highest BCUT2D eigenvalue weighted by Crippen LogP contribution is 2.24. The molecule has 0 radical (unpaired) electrons. The third-order valence-electron chi connectivity index (χ3n) is 5.99. The summed E-state index contributed by atoms with van der Waals surface area (Å²) in [6, 6.07) is 15.8. The van der Waals surface area contributed by atoms with Crippen molar-refractivity contribution < 1.29 is 16.8 Å². The lowest BCUT2D eigenvalue weighted by atomic mass is 10.2. The molecule has 2 aromatic carbocycles. The molecule has 0 amide bonds. The normalized spacial score (nSPS) is 20.0. The second-order valence-corrected chi connectivity index (χ2v) is 12.0. The van der Waals surface area contributed by atoms with Gasteiger partial charge < -0.3 is 0 Å². The van der Waals surface area contributed by atoms with Crippen molar-refractivity contribution in [3.05, 3.63) is 60.2 Å². The lowest BCUT2D eigenvalue weighted by Crippen LogP contribution is -2.48. The molecule has 9 heteroatoms. The van der Waals surface area contributed by atoms with E-state index in [2.05, 4.69) is 17.0 Å². The van der Waals surface area contributed by atoms with Crippen LogP contribution in [0.5, 0.6) is 0 Å². The molecule has 0 saturated carbocycles. The standard InChI is InChI=1S/C22H29N3O4S2/c26-30(27,24-13-5-2-6-14-24)21-9-11-22(12-10-21)31(28,29)25-17-15-23(16-18-25)19-20-7-3-1-4-8-20/h1,3-4,7-12H,2,5-6,13-19H2. The maximum atomic E-state index is 13.1. The van der Waals surface area contributed by atoms with Crippen LogP contribution in [-0.2, 0) is 26.6 Å². The van der Waals surface area contributed by atoms with Gasteiger partial charge >= 0.3 is 0 Å². The van der Waals surface area contributed by atoms with Crippen molar-refractivity contribution in [1.82, 2.24) is 13.5 Å². The summed E-state index contributed by atoms with van der Waals surface area (Å²) in [5.74, 6) is 0. The first-order valence-corrected chi connectivity index (χ1v) is 13.6. The largest absolute Gasteiger partial charge is 0.296 e. The van der Waals surface area contributed by atoms with E-state index in [1.165, 1.54) is 38.4 Å². The van der Waals surface area contributed by atoms with Gasteiger partial charge in [-0.2, -0.15) is 8.61 Å². The van der Waals surface area contributed by atoms with Gasteiger partial charge in [0.2, 0.25) is 20.0 Å². The topological polar surface area (TPSA) is 78.0 Å². The maximum absolute atomic E-state index is 13.1. The second-order valence-electron chi connectivity index (χ2n) is 8.10. The summed E-state index contributed by atoms with van der Waals surface area (Å²) >= 11 is 0. The fraction of sp³-hybridized carbons (Fsp3) is 0.455. The molecule has 0 spiro atoms. The number of piperidine rings is 1. The summed E-state index contributed by atoms with van der Waals surface area (Å²) in [6.07, 6.45) is 2.77. The Bertz CT molecular complexity index is 1070. The molecular weight excluding hydrogens is 434 g/mol. The minimum Gasteiger partial charge on any atom is -0.296 e. The highest BCUT2D eigenvalue weighted by molar-refractivity contribution is 7.89. The van der Waals surface area contributed by atoms with Gasteiger partial charge in [-0.1, -0.05) is 36.8 Å². The minimum atomic E-state index is -3.65. The average Bonchev–Trinajstić information content (AvgIpc) is 2.81. The van der Waals surface area contributed by atoms with Crippen molar-refractivity contribution in [2.45, 2.75) is 35.6 Å². The number of sulfonamides is 2. The molecule has 31 heavy (non-hydrogen) atoms. The number of piperazine rings is 1. The SMILES string of the molecule is O=S(=O)(c1ccc(S(=O)(=O)N2CCN(Cc3ccccc3)CC2)cc1)N1CCCCC1.